The molecule has 0 saturated heterocycles. The molecule has 2 aromatic rings. The van der Waals surface area contributed by atoms with Gasteiger partial charge in [-0.25, -0.2) is 0 Å². The van der Waals surface area contributed by atoms with Crippen LogP contribution < -0.4 is 25.1 Å². The molecule has 7 heteroatoms. The third-order valence-electron chi connectivity index (χ3n) is 4.39. The average Bonchev–Trinajstić information content (AvgIpc) is 2.73. The fraction of sp³-hybridized carbons (Fsp3) is 0.273. The second-order valence-corrected chi connectivity index (χ2v) is 6.38. The van der Waals surface area contributed by atoms with Crippen molar-refractivity contribution in [2.45, 2.75) is 26.9 Å². The third kappa shape index (κ3) is 6.00. The molecule has 2 amide bonds. The number of methoxy groups -OCH3 is 2. The summed E-state index contributed by atoms with van der Waals surface area (Å²) in [6.07, 6.45) is 2.10. The highest BCUT2D eigenvalue weighted by Gasteiger charge is 2.16. The summed E-state index contributed by atoms with van der Waals surface area (Å²) < 4.78 is 16.1. The van der Waals surface area contributed by atoms with Gasteiger partial charge in [0.05, 0.1) is 14.2 Å². The molecule has 0 spiro atoms. The first-order valence-electron chi connectivity index (χ1n) is 9.08. The SMILES string of the molecule is COc1ccc(/C=C/C(=O)NNC(=O)C(C)Oc2cccc(C)c2C)c(OC)c1. The van der Waals surface area contributed by atoms with Crippen molar-refractivity contribution in [1.82, 2.24) is 10.9 Å². The van der Waals surface area contributed by atoms with Crippen molar-refractivity contribution in [3.05, 3.63) is 59.2 Å². The zero-order chi connectivity index (χ0) is 21.4. The van der Waals surface area contributed by atoms with E-state index in [0.29, 0.717) is 22.8 Å². The maximum absolute atomic E-state index is 12.2. The molecule has 0 aromatic heterocycles. The topological polar surface area (TPSA) is 85.9 Å². The summed E-state index contributed by atoms with van der Waals surface area (Å²) in [7, 11) is 3.09. The van der Waals surface area contributed by atoms with E-state index >= 15 is 0 Å². The third-order valence-corrected chi connectivity index (χ3v) is 4.39. The first-order valence-corrected chi connectivity index (χ1v) is 9.08. The van der Waals surface area contributed by atoms with E-state index in [9.17, 15) is 9.59 Å². The van der Waals surface area contributed by atoms with Gasteiger partial charge in [0, 0.05) is 17.7 Å². The van der Waals surface area contributed by atoms with Crippen LogP contribution in [0.1, 0.15) is 23.6 Å². The predicted octanol–water partition coefficient (Wildman–Crippen LogP) is 2.95. The molecule has 0 saturated carbocycles. The minimum Gasteiger partial charge on any atom is -0.497 e. The minimum absolute atomic E-state index is 0.463. The van der Waals surface area contributed by atoms with E-state index in [4.69, 9.17) is 14.2 Å². The van der Waals surface area contributed by atoms with Crippen LogP contribution in [0.25, 0.3) is 6.08 Å². The Hall–Kier alpha value is -3.48. The van der Waals surface area contributed by atoms with Crippen molar-refractivity contribution in [3.8, 4) is 17.2 Å². The number of aryl methyl sites for hydroxylation is 1. The molecule has 154 valence electrons. The number of hydrazine groups is 1. The zero-order valence-corrected chi connectivity index (χ0v) is 17.2. The van der Waals surface area contributed by atoms with Gasteiger partial charge in [-0.3, -0.25) is 20.4 Å². The van der Waals surface area contributed by atoms with E-state index in [-0.39, 0.29) is 0 Å². The molecule has 2 aromatic carbocycles. The summed E-state index contributed by atoms with van der Waals surface area (Å²) in [4.78, 5) is 24.2. The lowest BCUT2D eigenvalue weighted by Crippen LogP contribution is -2.46. The van der Waals surface area contributed by atoms with E-state index in [1.54, 1.807) is 44.4 Å². The fourth-order valence-electron chi connectivity index (χ4n) is 2.48. The van der Waals surface area contributed by atoms with Crippen LogP contribution >= 0.6 is 0 Å². The van der Waals surface area contributed by atoms with Gasteiger partial charge in [-0.05, 0) is 56.2 Å². The van der Waals surface area contributed by atoms with Crippen LogP contribution in [-0.4, -0.2) is 32.1 Å². The minimum atomic E-state index is -0.776. The molecule has 0 aliphatic rings. The molecule has 1 unspecified atom stereocenters. The van der Waals surface area contributed by atoms with Gasteiger partial charge >= 0.3 is 0 Å². The van der Waals surface area contributed by atoms with Gasteiger partial charge < -0.3 is 14.2 Å². The molecular formula is C22H26N2O5. The normalized spacial score (nSPS) is 11.6. The molecule has 0 bridgehead atoms. The van der Waals surface area contributed by atoms with Crippen LogP contribution in [0.5, 0.6) is 17.2 Å². The average molecular weight is 398 g/mol. The Kier molecular flexibility index (Phi) is 7.65. The molecule has 0 radical (unpaired) electrons. The van der Waals surface area contributed by atoms with Crippen LogP contribution in [-0.2, 0) is 9.59 Å². The van der Waals surface area contributed by atoms with E-state index in [1.165, 1.54) is 13.2 Å². The van der Waals surface area contributed by atoms with Crippen LogP contribution in [0, 0.1) is 13.8 Å². The van der Waals surface area contributed by atoms with Gasteiger partial charge in [0.15, 0.2) is 6.10 Å². The highest BCUT2D eigenvalue weighted by molar-refractivity contribution is 5.94. The number of carbonyl (C=O) groups is 2. The number of amides is 2. The Labute approximate surface area is 170 Å². The summed E-state index contributed by atoms with van der Waals surface area (Å²) in [6.45, 7) is 5.51. The summed E-state index contributed by atoms with van der Waals surface area (Å²) >= 11 is 0. The smallest absolute Gasteiger partial charge is 0.279 e. The zero-order valence-electron chi connectivity index (χ0n) is 17.2. The maximum atomic E-state index is 12.2. The first kappa shape index (κ1) is 21.8. The van der Waals surface area contributed by atoms with E-state index < -0.39 is 17.9 Å². The van der Waals surface area contributed by atoms with Crippen molar-refractivity contribution in [2.24, 2.45) is 0 Å². The van der Waals surface area contributed by atoms with Gasteiger partial charge in [-0.2, -0.15) is 0 Å². The molecule has 2 N–H and O–H groups in total. The molecular weight excluding hydrogens is 372 g/mol. The van der Waals surface area contributed by atoms with Crippen LogP contribution in [0.4, 0.5) is 0 Å². The molecule has 0 aliphatic heterocycles. The number of benzene rings is 2. The second-order valence-electron chi connectivity index (χ2n) is 6.38. The van der Waals surface area contributed by atoms with Gasteiger partial charge in [0.25, 0.3) is 11.8 Å². The Morgan fingerprint density at radius 2 is 1.76 bits per heavy atom. The largest absolute Gasteiger partial charge is 0.497 e. The Bertz CT molecular complexity index is 908. The van der Waals surface area contributed by atoms with Crippen LogP contribution in [0.3, 0.4) is 0 Å². The van der Waals surface area contributed by atoms with Gasteiger partial charge in [0.1, 0.15) is 17.2 Å². The standard InChI is InChI=1S/C22H26N2O5/c1-14-7-6-8-19(15(14)2)29-16(3)22(26)24-23-21(25)12-10-17-9-11-18(27-4)13-20(17)28-5/h6-13,16H,1-5H3,(H,23,25)(H,24,26)/b12-10+. The monoisotopic (exact) mass is 398 g/mol. The Morgan fingerprint density at radius 1 is 1.00 bits per heavy atom. The lowest BCUT2D eigenvalue weighted by Gasteiger charge is -2.17. The van der Waals surface area contributed by atoms with Crippen LogP contribution in [0.15, 0.2) is 42.5 Å². The first-order chi connectivity index (χ1) is 13.8. The lowest BCUT2D eigenvalue weighted by atomic mass is 10.1. The Balaban J connectivity index is 1.90. The predicted molar refractivity (Wildman–Crippen MR) is 111 cm³/mol. The highest BCUT2D eigenvalue weighted by atomic mass is 16.5. The van der Waals surface area contributed by atoms with Gasteiger partial charge in [-0.15, -0.1) is 0 Å². The molecule has 29 heavy (non-hydrogen) atoms. The summed E-state index contributed by atoms with van der Waals surface area (Å²) in [5.74, 6) is 0.886. The van der Waals surface area contributed by atoms with E-state index in [1.807, 2.05) is 26.0 Å². The van der Waals surface area contributed by atoms with Crippen molar-refractivity contribution in [2.75, 3.05) is 14.2 Å². The molecule has 0 fully saturated rings. The highest BCUT2D eigenvalue weighted by Crippen LogP contribution is 2.25. The van der Waals surface area contributed by atoms with Crippen LogP contribution in [0.2, 0.25) is 0 Å². The second kappa shape index (κ2) is 10.2. The number of hydrogen-bond acceptors (Lipinski definition) is 5. The molecule has 0 aliphatic carbocycles. The number of hydrogen-bond donors (Lipinski definition) is 2. The van der Waals surface area contributed by atoms with E-state index in [2.05, 4.69) is 10.9 Å². The van der Waals surface area contributed by atoms with Gasteiger partial charge in [0.2, 0.25) is 0 Å². The fourth-order valence-corrected chi connectivity index (χ4v) is 2.48. The lowest BCUT2D eigenvalue weighted by molar-refractivity contribution is -0.131. The van der Waals surface area contributed by atoms with Crippen molar-refractivity contribution < 1.29 is 23.8 Å². The van der Waals surface area contributed by atoms with E-state index in [0.717, 1.165) is 11.1 Å². The number of carbonyl (C=O) groups excluding carboxylic acids is 2. The summed E-state index contributed by atoms with van der Waals surface area (Å²) in [5, 5.41) is 0. The van der Waals surface area contributed by atoms with Crippen molar-refractivity contribution in [3.63, 3.8) is 0 Å². The molecule has 0 heterocycles. The quantitative estimate of drug-likeness (QED) is 0.553. The number of nitrogens with one attached hydrogen (secondary N) is 2. The van der Waals surface area contributed by atoms with Gasteiger partial charge in [-0.1, -0.05) is 12.1 Å². The summed E-state index contributed by atoms with van der Waals surface area (Å²) in [6, 6.07) is 10.9. The maximum Gasteiger partial charge on any atom is 0.279 e. The Morgan fingerprint density at radius 3 is 2.45 bits per heavy atom. The number of rotatable bonds is 7. The van der Waals surface area contributed by atoms with Crippen molar-refractivity contribution in [1.29, 1.82) is 0 Å². The summed E-state index contributed by atoms with van der Waals surface area (Å²) in [5.41, 5.74) is 7.42. The molecule has 7 nitrogen and oxygen atoms in total. The van der Waals surface area contributed by atoms with Crippen molar-refractivity contribution >= 4 is 17.9 Å². The number of ether oxygens (including phenoxy) is 3. The molecule has 2 rings (SSSR count). The molecule has 1 atom stereocenters.